The van der Waals surface area contributed by atoms with Crippen molar-refractivity contribution in [3.05, 3.63) is 89.2 Å². The van der Waals surface area contributed by atoms with Crippen LogP contribution in [0.5, 0.6) is 0 Å². The molecule has 1 N–H and O–H groups in total. The lowest BCUT2D eigenvalue weighted by Gasteiger charge is -2.37. The number of carbonyl (C=O) groups is 2. The minimum absolute atomic E-state index is 0.00813. The summed E-state index contributed by atoms with van der Waals surface area (Å²) >= 11 is 6.10. The van der Waals surface area contributed by atoms with Crippen molar-refractivity contribution in [3.63, 3.8) is 0 Å². The van der Waals surface area contributed by atoms with Crippen LogP contribution in [-0.2, 0) is 22.4 Å². The quantitative estimate of drug-likeness (QED) is 0.617. The highest BCUT2D eigenvalue weighted by atomic mass is 35.5. The third-order valence-corrected chi connectivity index (χ3v) is 6.12. The zero-order chi connectivity index (χ0) is 22.5. The molecule has 5 nitrogen and oxygen atoms in total. The second kappa shape index (κ2) is 9.96. The Bertz CT molecular complexity index is 1100. The Labute approximate surface area is 193 Å². The van der Waals surface area contributed by atoms with Gasteiger partial charge in [0.15, 0.2) is 0 Å². The van der Waals surface area contributed by atoms with Crippen LogP contribution in [0.2, 0.25) is 5.02 Å². The van der Waals surface area contributed by atoms with Crippen LogP contribution in [0.25, 0.3) is 11.1 Å². The number of nitrogens with one attached hydrogen (secondary N) is 1. The van der Waals surface area contributed by atoms with E-state index < -0.39 is 6.04 Å². The Balaban J connectivity index is 1.56. The molecule has 0 spiro atoms. The zero-order valence-corrected chi connectivity index (χ0v) is 18.8. The molecule has 1 aromatic heterocycles. The molecule has 2 aromatic carbocycles. The molecule has 0 saturated carbocycles. The van der Waals surface area contributed by atoms with Crippen molar-refractivity contribution in [3.8, 4) is 11.1 Å². The van der Waals surface area contributed by atoms with E-state index in [0.717, 1.165) is 22.3 Å². The number of carbonyl (C=O) groups excluding carboxylic acids is 2. The largest absolute Gasteiger partial charge is 0.353 e. The second-order valence-electron chi connectivity index (χ2n) is 8.17. The van der Waals surface area contributed by atoms with Gasteiger partial charge in [0.2, 0.25) is 11.8 Å². The lowest BCUT2D eigenvalue weighted by Crippen LogP contribution is -2.59. The predicted molar refractivity (Wildman–Crippen MR) is 126 cm³/mol. The van der Waals surface area contributed by atoms with Gasteiger partial charge in [0.25, 0.3) is 0 Å². The van der Waals surface area contributed by atoms with Gasteiger partial charge in [-0.25, -0.2) is 0 Å². The van der Waals surface area contributed by atoms with Crippen LogP contribution in [0.3, 0.4) is 0 Å². The van der Waals surface area contributed by atoms with E-state index in [4.69, 9.17) is 11.6 Å². The third-order valence-electron chi connectivity index (χ3n) is 5.89. The minimum Gasteiger partial charge on any atom is -0.353 e. The van der Waals surface area contributed by atoms with Gasteiger partial charge >= 0.3 is 0 Å². The van der Waals surface area contributed by atoms with Gasteiger partial charge in [0.05, 0.1) is 0 Å². The highest BCUT2D eigenvalue weighted by molar-refractivity contribution is 6.30. The molecule has 0 unspecified atom stereocenters. The summed E-state index contributed by atoms with van der Waals surface area (Å²) in [5.41, 5.74) is 4.13. The van der Waals surface area contributed by atoms with E-state index in [9.17, 15) is 9.59 Å². The number of piperazine rings is 1. The van der Waals surface area contributed by atoms with Gasteiger partial charge in [0, 0.05) is 42.8 Å². The molecular weight excluding hydrogens is 422 g/mol. The van der Waals surface area contributed by atoms with Crippen molar-refractivity contribution in [1.29, 1.82) is 0 Å². The smallest absolute Gasteiger partial charge is 0.243 e. The average molecular weight is 448 g/mol. The van der Waals surface area contributed by atoms with Gasteiger partial charge in [-0.15, -0.1) is 0 Å². The SMILES string of the molecule is C[C@@H](Cc1cccc(Cl)c1)C(=O)N1CCNC(=O)[C@H]1Cc1ccccc1-c1ccncc1. The molecule has 2 amide bonds. The zero-order valence-electron chi connectivity index (χ0n) is 18.0. The molecule has 1 fully saturated rings. The maximum absolute atomic E-state index is 13.4. The number of pyridine rings is 1. The summed E-state index contributed by atoms with van der Waals surface area (Å²) in [5.74, 6) is -0.368. The summed E-state index contributed by atoms with van der Waals surface area (Å²) in [4.78, 5) is 32.1. The molecule has 3 aromatic rings. The monoisotopic (exact) mass is 447 g/mol. The molecule has 4 rings (SSSR count). The predicted octanol–water partition coefficient (Wildman–Crippen LogP) is 4.15. The number of halogens is 1. The van der Waals surface area contributed by atoms with Crippen molar-refractivity contribution >= 4 is 23.4 Å². The fraction of sp³-hybridized carbons (Fsp3) is 0.269. The summed E-state index contributed by atoms with van der Waals surface area (Å²) in [6, 6.07) is 19.0. The fourth-order valence-corrected chi connectivity index (χ4v) is 4.50. The maximum Gasteiger partial charge on any atom is 0.243 e. The normalized spacial score (nSPS) is 17.0. The fourth-order valence-electron chi connectivity index (χ4n) is 4.29. The first-order chi connectivity index (χ1) is 15.5. The van der Waals surface area contributed by atoms with E-state index in [-0.39, 0.29) is 17.7 Å². The molecule has 6 heteroatoms. The van der Waals surface area contributed by atoms with Crippen molar-refractivity contribution < 1.29 is 9.59 Å². The Morgan fingerprint density at radius 1 is 1.16 bits per heavy atom. The van der Waals surface area contributed by atoms with E-state index in [2.05, 4.69) is 10.3 Å². The highest BCUT2D eigenvalue weighted by Crippen LogP contribution is 2.26. The maximum atomic E-state index is 13.4. The van der Waals surface area contributed by atoms with Crippen LogP contribution in [0.15, 0.2) is 73.1 Å². The number of nitrogens with zero attached hydrogens (tertiary/aromatic N) is 2. The van der Waals surface area contributed by atoms with Gasteiger partial charge in [-0.2, -0.15) is 0 Å². The Morgan fingerprint density at radius 3 is 2.72 bits per heavy atom. The lowest BCUT2D eigenvalue weighted by atomic mass is 9.92. The molecule has 0 bridgehead atoms. The summed E-state index contributed by atoms with van der Waals surface area (Å²) in [6.45, 7) is 2.89. The van der Waals surface area contributed by atoms with Gasteiger partial charge in [-0.3, -0.25) is 14.6 Å². The molecule has 1 aliphatic heterocycles. The molecule has 0 aliphatic carbocycles. The number of amides is 2. The lowest BCUT2D eigenvalue weighted by molar-refractivity contribution is -0.145. The van der Waals surface area contributed by atoms with Crippen LogP contribution in [0.1, 0.15) is 18.1 Å². The minimum atomic E-state index is -0.541. The molecule has 164 valence electrons. The van der Waals surface area contributed by atoms with E-state index in [0.29, 0.717) is 31.0 Å². The van der Waals surface area contributed by atoms with Gasteiger partial charge in [-0.1, -0.05) is 54.9 Å². The topological polar surface area (TPSA) is 62.3 Å². The Hall–Kier alpha value is -3.18. The standard InChI is InChI=1S/C26H26ClN3O2/c1-18(15-19-5-4-7-22(27)16-19)26(32)30-14-13-29-25(31)24(30)17-21-6-2-3-8-23(21)20-9-11-28-12-10-20/h2-12,16,18,24H,13-15,17H2,1H3,(H,29,31)/t18-,24+/m0/s1. The molecule has 2 heterocycles. The molecule has 1 saturated heterocycles. The summed E-state index contributed by atoms with van der Waals surface area (Å²) in [6.07, 6.45) is 4.55. The summed E-state index contributed by atoms with van der Waals surface area (Å²) < 4.78 is 0. The number of hydrogen-bond donors (Lipinski definition) is 1. The van der Waals surface area contributed by atoms with Crippen LogP contribution < -0.4 is 5.32 Å². The second-order valence-corrected chi connectivity index (χ2v) is 8.61. The Morgan fingerprint density at radius 2 is 1.94 bits per heavy atom. The summed E-state index contributed by atoms with van der Waals surface area (Å²) in [5, 5.41) is 3.59. The number of rotatable bonds is 6. The third kappa shape index (κ3) is 5.00. The van der Waals surface area contributed by atoms with Crippen LogP contribution in [0, 0.1) is 5.92 Å². The van der Waals surface area contributed by atoms with E-state index in [1.807, 2.05) is 67.6 Å². The van der Waals surface area contributed by atoms with Crippen molar-refractivity contribution in [2.45, 2.75) is 25.8 Å². The number of hydrogen-bond acceptors (Lipinski definition) is 3. The molecule has 1 aliphatic rings. The molecule has 32 heavy (non-hydrogen) atoms. The summed E-state index contributed by atoms with van der Waals surface area (Å²) in [7, 11) is 0. The van der Waals surface area contributed by atoms with Crippen LogP contribution in [-0.4, -0.2) is 40.8 Å². The van der Waals surface area contributed by atoms with Gasteiger partial charge < -0.3 is 10.2 Å². The average Bonchev–Trinajstić information content (AvgIpc) is 2.81. The Kier molecular flexibility index (Phi) is 6.86. The number of aromatic nitrogens is 1. The molecular formula is C26H26ClN3O2. The molecule has 0 radical (unpaired) electrons. The van der Waals surface area contributed by atoms with Crippen molar-refractivity contribution in [2.24, 2.45) is 5.92 Å². The molecule has 2 atom stereocenters. The van der Waals surface area contributed by atoms with Gasteiger partial charge in [-0.05, 0) is 52.9 Å². The van der Waals surface area contributed by atoms with Gasteiger partial charge in [0.1, 0.15) is 6.04 Å². The first-order valence-electron chi connectivity index (χ1n) is 10.8. The van der Waals surface area contributed by atoms with Crippen LogP contribution >= 0.6 is 11.6 Å². The first-order valence-corrected chi connectivity index (χ1v) is 11.2. The first kappa shape index (κ1) is 22.0. The van der Waals surface area contributed by atoms with E-state index in [1.165, 1.54) is 0 Å². The van der Waals surface area contributed by atoms with E-state index in [1.54, 1.807) is 17.3 Å². The van der Waals surface area contributed by atoms with Crippen molar-refractivity contribution in [2.75, 3.05) is 13.1 Å². The number of benzene rings is 2. The highest BCUT2D eigenvalue weighted by Gasteiger charge is 2.35. The van der Waals surface area contributed by atoms with Crippen LogP contribution in [0.4, 0.5) is 0 Å². The van der Waals surface area contributed by atoms with Crippen molar-refractivity contribution in [1.82, 2.24) is 15.2 Å². The van der Waals surface area contributed by atoms with E-state index >= 15 is 0 Å².